The summed E-state index contributed by atoms with van der Waals surface area (Å²) in [5.74, 6) is -0.319. The number of hydrogen-bond acceptors (Lipinski definition) is 3. The maximum Gasteiger partial charge on any atom is 0.264 e. The van der Waals surface area contributed by atoms with Gasteiger partial charge in [0.2, 0.25) is 5.91 Å². The van der Waals surface area contributed by atoms with Gasteiger partial charge in [0.15, 0.2) is 0 Å². The van der Waals surface area contributed by atoms with E-state index in [4.69, 9.17) is 0 Å². The zero-order chi connectivity index (χ0) is 20.2. The van der Waals surface area contributed by atoms with E-state index in [0.29, 0.717) is 5.69 Å². The number of nitrogens with zero attached hydrogens (tertiary/aromatic N) is 1. The van der Waals surface area contributed by atoms with E-state index >= 15 is 0 Å². The van der Waals surface area contributed by atoms with Crippen LogP contribution in [0.2, 0.25) is 0 Å². The minimum absolute atomic E-state index is 0.0139. The molecule has 2 rings (SSSR count). The second-order valence-corrected chi connectivity index (χ2v) is 8.78. The topological polar surface area (TPSA) is 66.5 Å². The summed E-state index contributed by atoms with van der Waals surface area (Å²) in [6, 6.07) is 12.1. The predicted molar refractivity (Wildman–Crippen MR) is 110 cm³/mol. The highest BCUT2D eigenvalue weighted by molar-refractivity contribution is 7.92. The van der Waals surface area contributed by atoms with Crippen LogP contribution in [0.25, 0.3) is 0 Å². The molecule has 0 unspecified atom stereocenters. The normalized spacial score (nSPS) is 12.5. The van der Waals surface area contributed by atoms with Gasteiger partial charge in [0.1, 0.15) is 6.54 Å². The van der Waals surface area contributed by atoms with Crippen LogP contribution in [0.4, 0.5) is 5.69 Å². The van der Waals surface area contributed by atoms with Crippen molar-refractivity contribution in [3.63, 3.8) is 0 Å². The molecule has 0 aliphatic heterocycles. The van der Waals surface area contributed by atoms with E-state index in [1.807, 2.05) is 46.8 Å². The van der Waals surface area contributed by atoms with Crippen LogP contribution in [0.15, 0.2) is 47.4 Å². The summed E-state index contributed by atoms with van der Waals surface area (Å²) in [6.07, 6.45) is 0.778. The van der Waals surface area contributed by atoms with Gasteiger partial charge in [-0.2, -0.15) is 0 Å². The molecule has 6 heteroatoms. The summed E-state index contributed by atoms with van der Waals surface area (Å²) in [5, 5.41) is 2.85. The summed E-state index contributed by atoms with van der Waals surface area (Å²) in [4.78, 5) is 12.7. The SMILES string of the molecule is CC[C@H](C)NC(=O)CN(c1cccc(C)c1C)S(=O)(=O)c1ccc(C)cc1. The van der Waals surface area contributed by atoms with Crippen molar-refractivity contribution in [3.05, 3.63) is 59.2 Å². The van der Waals surface area contributed by atoms with Crippen LogP contribution < -0.4 is 9.62 Å². The van der Waals surface area contributed by atoms with Crippen LogP contribution >= 0.6 is 0 Å². The molecule has 0 aliphatic carbocycles. The minimum atomic E-state index is -3.88. The number of benzene rings is 2. The van der Waals surface area contributed by atoms with Crippen LogP contribution in [-0.4, -0.2) is 26.9 Å². The summed E-state index contributed by atoms with van der Waals surface area (Å²) < 4.78 is 27.9. The summed E-state index contributed by atoms with van der Waals surface area (Å²) in [6.45, 7) is 9.30. The number of rotatable bonds is 7. The first-order valence-electron chi connectivity index (χ1n) is 9.11. The summed E-state index contributed by atoms with van der Waals surface area (Å²) >= 11 is 0. The smallest absolute Gasteiger partial charge is 0.264 e. The van der Waals surface area contributed by atoms with Crippen molar-refractivity contribution >= 4 is 21.6 Å². The van der Waals surface area contributed by atoms with Crippen LogP contribution in [0.5, 0.6) is 0 Å². The van der Waals surface area contributed by atoms with Crippen molar-refractivity contribution in [2.24, 2.45) is 0 Å². The Morgan fingerprint density at radius 2 is 1.70 bits per heavy atom. The number of nitrogens with one attached hydrogen (secondary N) is 1. The maximum atomic E-state index is 13.3. The Morgan fingerprint density at radius 3 is 2.30 bits per heavy atom. The van der Waals surface area contributed by atoms with E-state index in [0.717, 1.165) is 23.1 Å². The fourth-order valence-corrected chi connectivity index (χ4v) is 4.17. The molecule has 1 amide bonds. The Kier molecular flexibility index (Phi) is 6.65. The number of amides is 1. The van der Waals surface area contributed by atoms with Gasteiger partial charge in [0, 0.05) is 6.04 Å². The predicted octanol–water partition coefficient (Wildman–Crippen LogP) is 3.72. The largest absolute Gasteiger partial charge is 0.352 e. The van der Waals surface area contributed by atoms with E-state index < -0.39 is 10.0 Å². The van der Waals surface area contributed by atoms with Crippen LogP contribution in [0.1, 0.15) is 37.0 Å². The Bertz CT molecular complexity index is 906. The molecular formula is C21H28N2O3S. The first kappa shape index (κ1) is 21.0. The molecule has 0 heterocycles. The van der Waals surface area contributed by atoms with E-state index in [9.17, 15) is 13.2 Å². The fourth-order valence-electron chi connectivity index (χ4n) is 2.70. The number of carbonyl (C=O) groups excluding carboxylic acids is 1. The van der Waals surface area contributed by atoms with Gasteiger partial charge in [0.25, 0.3) is 10.0 Å². The first-order valence-corrected chi connectivity index (χ1v) is 10.6. The van der Waals surface area contributed by atoms with Gasteiger partial charge >= 0.3 is 0 Å². The van der Waals surface area contributed by atoms with E-state index in [1.165, 1.54) is 4.31 Å². The van der Waals surface area contributed by atoms with Gasteiger partial charge < -0.3 is 5.32 Å². The molecule has 2 aromatic rings. The van der Waals surface area contributed by atoms with E-state index in [2.05, 4.69) is 5.32 Å². The van der Waals surface area contributed by atoms with Gasteiger partial charge in [0.05, 0.1) is 10.6 Å². The molecule has 146 valence electrons. The molecule has 1 N–H and O–H groups in total. The second kappa shape index (κ2) is 8.57. The number of anilines is 1. The highest BCUT2D eigenvalue weighted by atomic mass is 32.2. The molecule has 0 radical (unpaired) electrons. The van der Waals surface area contributed by atoms with Crippen LogP contribution in [0, 0.1) is 20.8 Å². The van der Waals surface area contributed by atoms with Gasteiger partial charge in [-0.25, -0.2) is 8.42 Å². The number of hydrogen-bond donors (Lipinski definition) is 1. The number of sulfonamides is 1. The third-order valence-corrected chi connectivity index (χ3v) is 6.53. The zero-order valence-electron chi connectivity index (χ0n) is 16.6. The van der Waals surface area contributed by atoms with Gasteiger partial charge in [-0.15, -0.1) is 0 Å². The first-order chi connectivity index (χ1) is 12.7. The van der Waals surface area contributed by atoms with E-state index in [-0.39, 0.29) is 23.4 Å². The maximum absolute atomic E-state index is 13.3. The number of carbonyl (C=O) groups is 1. The van der Waals surface area contributed by atoms with Gasteiger partial charge in [-0.1, -0.05) is 36.8 Å². The van der Waals surface area contributed by atoms with Crippen molar-refractivity contribution < 1.29 is 13.2 Å². The minimum Gasteiger partial charge on any atom is -0.352 e. The monoisotopic (exact) mass is 388 g/mol. The molecule has 27 heavy (non-hydrogen) atoms. The Balaban J connectivity index is 2.50. The highest BCUT2D eigenvalue weighted by Crippen LogP contribution is 2.28. The quantitative estimate of drug-likeness (QED) is 0.786. The van der Waals surface area contributed by atoms with Gasteiger partial charge in [-0.05, 0) is 63.4 Å². The van der Waals surface area contributed by atoms with Crippen molar-refractivity contribution in [2.45, 2.75) is 52.0 Å². The molecular weight excluding hydrogens is 360 g/mol. The third-order valence-electron chi connectivity index (χ3n) is 4.76. The molecule has 0 bridgehead atoms. The lowest BCUT2D eigenvalue weighted by molar-refractivity contribution is -0.120. The molecule has 0 saturated carbocycles. The lowest BCUT2D eigenvalue weighted by atomic mass is 10.1. The third kappa shape index (κ3) is 4.89. The van der Waals surface area contributed by atoms with Crippen LogP contribution in [-0.2, 0) is 14.8 Å². The van der Waals surface area contributed by atoms with Gasteiger partial charge in [-0.3, -0.25) is 9.10 Å². The molecule has 0 spiro atoms. The molecule has 0 fully saturated rings. The van der Waals surface area contributed by atoms with Crippen LogP contribution in [0.3, 0.4) is 0 Å². The molecule has 5 nitrogen and oxygen atoms in total. The highest BCUT2D eigenvalue weighted by Gasteiger charge is 2.28. The lowest BCUT2D eigenvalue weighted by Crippen LogP contribution is -2.43. The fraction of sp³-hybridized carbons (Fsp3) is 0.381. The molecule has 0 aromatic heterocycles. The molecule has 2 aromatic carbocycles. The van der Waals surface area contributed by atoms with E-state index in [1.54, 1.807) is 30.3 Å². The lowest BCUT2D eigenvalue weighted by Gasteiger charge is -2.27. The van der Waals surface area contributed by atoms with Crippen molar-refractivity contribution in [1.29, 1.82) is 0 Å². The number of aryl methyl sites for hydroxylation is 2. The average Bonchev–Trinajstić information content (AvgIpc) is 2.62. The van der Waals surface area contributed by atoms with Crippen molar-refractivity contribution in [3.8, 4) is 0 Å². The Hall–Kier alpha value is -2.34. The zero-order valence-corrected chi connectivity index (χ0v) is 17.4. The summed E-state index contributed by atoms with van der Waals surface area (Å²) in [7, 11) is -3.88. The second-order valence-electron chi connectivity index (χ2n) is 6.92. The average molecular weight is 389 g/mol. The van der Waals surface area contributed by atoms with Crippen molar-refractivity contribution in [2.75, 3.05) is 10.8 Å². The standard InChI is InChI=1S/C21H28N2O3S/c1-6-17(4)22-21(24)14-23(20-9-7-8-16(3)18(20)5)27(25,26)19-12-10-15(2)11-13-19/h7-13,17H,6,14H2,1-5H3,(H,22,24)/t17-/m0/s1. The summed E-state index contributed by atoms with van der Waals surface area (Å²) in [5.41, 5.74) is 3.31. The Morgan fingerprint density at radius 1 is 1.07 bits per heavy atom. The van der Waals surface area contributed by atoms with Crippen molar-refractivity contribution in [1.82, 2.24) is 5.32 Å². The molecule has 0 saturated heterocycles. The molecule has 0 aliphatic rings. The molecule has 1 atom stereocenters. The Labute approximate surface area is 162 Å².